The lowest BCUT2D eigenvalue weighted by Gasteiger charge is -2.15. The molecule has 0 fully saturated rings. The predicted molar refractivity (Wildman–Crippen MR) is 83.0 cm³/mol. The average Bonchev–Trinajstić information content (AvgIpc) is 2.37. The Hall–Kier alpha value is -0.920. The monoisotopic (exact) mass is 342 g/mol. The molecule has 3 N–H and O–H groups in total. The van der Waals surface area contributed by atoms with E-state index in [0.717, 1.165) is 17.9 Å². The first kappa shape index (κ1) is 20.1. The molecule has 8 heteroatoms. The van der Waals surface area contributed by atoms with Crippen LogP contribution in [0.4, 0.5) is 18.9 Å². The van der Waals surface area contributed by atoms with Crippen molar-refractivity contribution >= 4 is 35.8 Å². The van der Waals surface area contributed by atoms with Crippen molar-refractivity contribution in [2.75, 3.05) is 17.3 Å². The fourth-order valence-electron chi connectivity index (χ4n) is 1.53. The van der Waals surface area contributed by atoms with Gasteiger partial charge in [0.15, 0.2) is 0 Å². The number of anilines is 1. The first-order valence-corrected chi connectivity index (χ1v) is 7.38. The standard InChI is InChI=1S/C13H17F3N2OS.ClH/c1-8-3-4-9(13(14,15)16)7-11(8)18-12(19)10(17)5-6-20-2;/h3-4,7,10H,5-6,17H2,1-2H3,(H,18,19);1H/t10-;/m0./s1. The first-order chi connectivity index (χ1) is 9.25. The number of carbonyl (C=O) groups excluding carboxylic acids is 1. The number of rotatable bonds is 5. The van der Waals surface area contributed by atoms with Gasteiger partial charge in [0.2, 0.25) is 5.91 Å². The fraction of sp³-hybridized carbons (Fsp3) is 0.462. The molecule has 0 saturated carbocycles. The van der Waals surface area contributed by atoms with Gasteiger partial charge in [0.1, 0.15) is 0 Å². The number of nitrogens with two attached hydrogens (primary N) is 1. The Kier molecular flexibility index (Phi) is 8.13. The van der Waals surface area contributed by atoms with Crippen LogP contribution in [0, 0.1) is 6.92 Å². The van der Waals surface area contributed by atoms with Gasteiger partial charge in [0.05, 0.1) is 11.6 Å². The summed E-state index contributed by atoms with van der Waals surface area (Å²) in [6.45, 7) is 1.63. The van der Waals surface area contributed by atoms with Crippen molar-refractivity contribution in [3.63, 3.8) is 0 Å². The van der Waals surface area contributed by atoms with E-state index in [0.29, 0.717) is 12.0 Å². The molecule has 0 bridgehead atoms. The van der Waals surface area contributed by atoms with Gasteiger partial charge in [-0.3, -0.25) is 4.79 Å². The third-order valence-corrected chi connectivity index (χ3v) is 3.44. The van der Waals surface area contributed by atoms with Gasteiger partial charge in [0.25, 0.3) is 0 Å². The molecule has 0 heterocycles. The van der Waals surface area contributed by atoms with E-state index in [-0.39, 0.29) is 18.1 Å². The van der Waals surface area contributed by atoms with E-state index in [1.54, 1.807) is 18.7 Å². The lowest BCUT2D eigenvalue weighted by atomic mass is 10.1. The predicted octanol–water partition coefficient (Wildman–Crippen LogP) is 3.45. The normalized spacial score (nSPS) is 12.5. The highest BCUT2D eigenvalue weighted by molar-refractivity contribution is 7.98. The lowest BCUT2D eigenvalue weighted by molar-refractivity contribution is -0.137. The van der Waals surface area contributed by atoms with Gasteiger partial charge < -0.3 is 11.1 Å². The molecular weight excluding hydrogens is 325 g/mol. The number of hydrogen-bond acceptors (Lipinski definition) is 3. The zero-order valence-corrected chi connectivity index (χ0v) is 13.3. The highest BCUT2D eigenvalue weighted by atomic mass is 35.5. The maximum Gasteiger partial charge on any atom is 0.416 e. The second-order valence-electron chi connectivity index (χ2n) is 4.40. The van der Waals surface area contributed by atoms with Gasteiger partial charge in [0, 0.05) is 5.69 Å². The van der Waals surface area contributed by atoms with E-state index in [9.17, 15) is 18.0 Å². The number of halogens is 4. The minimum Gasteiger partial charge on any atom is -0.324 e. The van der Waals surface area contributed by atoms with Crippen LogP contribution in [0.15, 0.2) is 18.2 Å². The minimum atomic E-state index is -4.44. The first-order valence-electron chi connectivity index (χ1n) is 5.99. The van der Waals surface area contributed by atoms with Crippen molar-refractivity contribution in [3.8, 4) is 0 Å². The van der Waals surface area contributed by atoms with E-state index in [4.69, 9.17) is 5.73 Å². The van der Waals surface area contributed by atoms with E-state index in [2.05, 4.69) is 5.32 Å². The molecule has 0 spiro atoms. The number of alkyl halides is 3. The lowest BCUT2D eigenvalue weighted by Crippen LogP contribution is -2.36. The molecule has 0 aliphatic heterocycles. The molecule has 21 heavy (non-hydrogen) atoms. The Balaban J connectivity index is 0.00000400. The summed E-state index contributed by atoms with van der Waals surface area (Å²) in [7, 11) is 0. The van der Waals surface area contributed by atoms with Gasteiger partial charge in [-0.25, -0.2) is 0 Å². The van der Waals surface area contributed by atoms with Crippen LogP contribution >= 0.6 is 24.2 Å². The van der Waals surface area contributed by atoms with E-state index < -0.39 is 23.7 Å². The number of hydrogen-bond donors (Lipinski definition) is 2. The second-order valence-corrected chi connectivity index (χ2v) is 5.39. The van der Waals surface area contributed by atoms with E-state index >= 15 is 0 Å². The number of carbonyl (C=O) groups is 1. The van der Waals surface area contributed by atoms with Crippen molar-refractivity contribution in [1.82, 2.24) is 0 Å². The summed E-state index contributed by atoms with van der Waals surface area (Å²) < 4.78 is 37.9. The van der Waals surface area contributed by atoms with Gasteiger partial charge in [-0.05, 0) is 43.0 Å². The van der Waals surface area contributed by atoms with Crippen molar-refractivity contribution in [2.45, 2.75) is 25.6 Å². The fourth-order valence-corrected chi connectivity index (χ4v) is 2.02. The molecule has 0 radical (unpaired) electrons. The van der Waals surface area contributed by atoms with E-state index in [1.165, 1.54) is 6.07 Å². The van der Waals surface area contributed by atoms with Crippen LogP contribution in [0.3, 0.4) is 0 Å². The van der Waals surface area contributed by atoms with Gasteiger partial charge in [-0.1, -0.05) is 6.07 Å². The second kappa shape index (κ2) is 8.51. The third kappa shape index (κ3) is 6.15. The summed E-state index contributed by atoms with van der Waals surface area (Å²) in [5.74, 6) is 0.248. The van der Waals surface area contributed by atoms with Crippen LogP contribution in [0.25, 0.3) is 0 Å². The number of nitrogens with one attached hydrogen (secondary N) is 1. The number of benzene rings is 1. The molecular formula is C13H18ClF3N2OS. The highest BCUT2D eigenvalue weighted by Crippen LogP contribution is 2.32. The van der Waals surface area contributed by atoms with Crippen LogP contribution < -0.4 is 11.1 Å². The molecule has 120 valence electrons. The molecule has 3 nitrogen and oxygen atoms in total. The highest BCUT2D eigenvalue weighted by Gasteiger charge is 2.31. The summed E-state index contributed by atoms with van der Waals surface area (Å²) in [6.07, 6.45) is -2.07. The average molecular weight is 343 g/mol. The Morgan fingerprint density at radius 3 is 2.57 bits per heavy atom. The van der Waals surface area contributed by atoms with Crippen LogP contribution in [0.1, 0.15) is 17.5 Å². The zero-order valence-electron chi connectivity index (χ0n) is 11.7. The Morgan fingerprint density at radius 2 is 2.05 bits per heavy atom. The van der Waals surface area contributed by atoms with Crippen LogP contribution in [0.5, 0.6) is 0 Å². The molecule has 0 unspecified atom stereocenters. The van der Waals surface area contributed by atoms with Gasteiger partial charge >= 0.3 is 6.18 Å². The third-order valence-electron chi connectivity index (χ3n) is 2.79. The molecule has 0 saturated heterocycles. The van der Waals surface area contributed by atoms with Crippen molar-refractivity contribution in [1.29, 1.82) is 0 Å². The molecule has 0 aliphatic rings. The summed E-state index contributed by atoms with van der Waals surface area (Å²) in [5.41, 5.74) is 5.58. The molecule has 1 rings (SSSR count). The van der Waals surface area contributed by atoms with E-state index in [1.807, 2.05) is 6.26 Å². The molecule has 0 aliphatic carbocycles. The molecule has 0 aromatic heterocycles. The maximum absolute atomic E-state index is 12.6. The van der Waals surface area contributed by atoms with Crippen LogP contribution in [0.2, 0.25) is 0 Å². The number of thioether (sulfide) groups is 1. The quantitative estimate of drug-likeness (QED) is 0.861. The molecule has 1 atom stereocenters. The summed E-state index contributed by atoms with van der Waals surface area (Å²) >= 11 is 1.55. The number of amides is 1. The SMILES string of the molecule is CSCC[C@H](N)C(=O)Nc1cc(C(F)(F)F)ccc1C.Cl. The van der Waals surface area contributed by atoms with Gasteiger partial charge in [-0.2, -0.15) is 24.9 Å². The molecule has 1 aromatic carbocycles. The molecule has 1 aromatic rings. The van der Waals surface area contributed by atoms with Crippen molar-refractivity contribution in [2.24, 2.45) is 5.73 Å². The minimum absolute atomic E-state index is 0. The Labute approximate surface area is 132 Å². The van der Waals surface area contributed by atoms with Crippen molar-refractivity contribution < 1.29 is 18.0 Å². The Morgan fingerprint density at radius 1 is 1.43 bits per heavy atom. The maximum atomic E-state index is 12.6. The largest absolute Gasteiger partial charge is 0.416 e. The topological polar surface area (TPSA) is 55.1 Å². The zero-order chi connectivity index (χ0) is 15.3. The number of aryl methyl sites for hydroxylation is 1. The smallest absolute Gasteiger partial charge is 0.324 e. The van der Waals surface area contributed by atoms with Gasteiger partial charge in [-0.15, -0.1) is 12.4 Å². The van der Waals surface area contributed by atoms with Crippen LogP contribution in [-0.2, 0) is 11.0 Å². The summed E-state index contributed by atoms with van der Waals surface area (Å²) in [5, 5.41) is 2.46. The van der Waals surface area contributed by atoms with Crippen molar-refractivity contribution in [3.05, 3.63) is 29.3 Å². The van der Waals surface area contributed by atoms with Crippen LogP contribution in [-0.4, -0.2) is 24.0 Å². The summed E-state index contributed by atoms with van der Waals surface area (Å²) in [4.78, 5) is 11.8. The molecule has 1 amide bonds. The Bertz CT molecular complexity index is 483. The summed E-state index contributed by atoms with van der Waals surface area (Å²) in [6, 6.07) is 2.51.